The molecule has 0 amide bonds. The van der Waals surface area contributed by atoms with Crippen LogP contribution in [-0.4, -0.2) is 19.4 Å². The average Bonchev–Trinajstić information content (AvgIpc) is 2.28. The Kier molecular flexibility index (Phi) is 4.51. The molecule has 17 heavy (non-hydrogen) atoms. The van der Waals surface area contributed by atoms with Crippen LogP contribution >= 0.6 is 0 Å². The Morgan fingerprint density at radius 3 is 2.41 bits per heavy atom. The SMILES string of the molecule is COC(=O)c1c(F)cc(C=CCC=O)cc1F. The number of aldehydes is 1. The van der Waals surface area contributed by atoms with E-state index in [-0.39, 0.29) is 12.0 Å². The van der Waals surface area contributed by atoms with E-state index in [1.807, 2.05) is 0 Å². The Balaban J connectivity index is 3.09. The first-order chi connectivity index (χ1) is 8.10. The molecule has 0 aliphatic heterocycles. The summed E-state index contributed by atoms with van der Waals surface area (Å²) in [6.45, 7) is 0. The number of ether oxygens (including phenoxy) is 1. The summed E-state index contributed by atoms with van der Waals surface area (Å²) in [5, 5.41) is 0. The van der Waals surface area contributed by atoms with E-state index in [0.29, 0.717) is 6.29 Å². The van der Waals surface area contributed by atoms with Crippen molar-refractivity contribution in [1.29, 1.82) is 0 Å². The van der Waals surface area contributed by atoms with Crippen LogP contribution in [0.3, 0.4) is 0 Å². The van der Waals surface area contributed by atoms with E-state index in [9.17, 15) is 18.4 Å². The van der Waals surface area contributed by atoms with Gasteiger partial charge in [-0.15, -0.1) is 0 Å². The number of hydrogen-bond acceptors (Lipinski definition) is 3. The molecule has 5 heteroatoms. The zero-order valence-corrected chi connectivity index (χ0v) is 9.07. The van der Waals surface area contributed by atoms with Crippen molar-refractivity contribution in [2.75, 3.05) is 7.11 Å². The third kappa shape index (κ3) is 3.21. The fourth-order valence-corrected chi connectivity index (χ4v) is 1.25. The van der Waals surface area contributed by atoms with Crippen molar-refractivity contribution in [1.82, 2.24) is 0 Å². The van der Waals surface area contributed by atoms with Crippen molar-refractivity contribution in [2.45, 2.75) is 6.42 Å². The second-order valence-electron chi connectivity index (χ2n) is 3.16. The molecule has 0 saturated carbocycles. The van der Waals surface area contributed by atoms with Gasteiger partial charge in [-0.1, -0.05) is 12.2 Å². The maximum Gasteiger partial charge on any atom is 0.343 e. The second kappa shape index (κ2) is 5.89. The number of carbonyl (C=O) groups excluding carboxylic acids is 2. The summed E-state index contributed by atoms with van der Waals surface area (Å²) in [6.07, 6.45) is 3.66. The van der Waals surface area contributed by atoms with E-state index in [1.54, 1.807) is 0 Å². The van der Waals surface area contributed by atoms with Crippen LogP contribution in [0.15, 0.2) is 18.2 Å². The quantitative estimate of drug-likeness (QED) is 0.599. The Morgan fingerprint density at radius 1 is 1.35 bits per heavy atom. The number of benzene rings is 1. The maximum atomic E-state index is 13.4. The minimum Gasteiger partial charge on any atom is -0.465 e. The monoisotopic (exact) mass is 240 g/mol. The van der Waals surface area contributed by atoms with Gasteiger partial charge in [-0.2, -0.15) is 0 Å². The molecule has 0 aromatic heterocycles. The first-order valence-electron chi connectivity index (χ1n) is 4.77. The topological polar surface area (TPSA) is 43.4 Å². The van der Waals surface area contributed by atoms with Gasteiger partial charge in [-0.25, -0.2) is 13.6 Å². The number of methoxy groups -OCH3 is 1. The molecule has 0 bridgehead atoms. The van der Waals surface area contributed by atoms with Gasteiger partial charge in [-0.05, 0) is 17.7 Å². The van der Waals surface area contributed by atoms with Gasteiger partial charge in [0.05, 0.1) is 7.11 Å². The molecule has 1 aromatic carbocycles. The zero-order valence-electron chi connectivity index (χ0n) is 9.07. The van der Waals surface area contributed by atoms with E-state index < -0.39 is 23.2 Å². The molecule has 0 aliphatic carbocycles. The van der Waals surface area contributed by atoms with Gasteiger partial charge in [0.25, 0.3) is 0 Å². The van der Waals surface area contributed by atoms with E-state index >= 15 is 0 Å². The van der Waals surface area contributed by atoms with Crippen LogP contribution in [0.25, 0.3) is 6.08 Å². The minimum absolute atomic E-state index is 0.155. The summed E-state index contributed by atoms with van der Waals surface area (Å²) in [5.74, 6) is -3.06. The van der Waals surface area contributed by atoms with Crippen molar-refractivity contribution < 1.29 is 23.1 Å². The Labute approximate surface area is 96.7 Å². The van der Waals surface area contributed by atoms with Crippen LogP contribution in [0.4, 0.5) is 8.78 Å². The first kappa shape index (κ1) is 13.0. The van der Waals surface area contributed by atoms with Gasteiger partial charge >= 0.3 is 5.97 Å². The number of hydrogen-bond donors (Lipinski definition) is 0. The second-order valence-corrected chi connectivity index (χ2v) is 3.16. The Morgan fingerprint density at radius 2 is 1.94 bits per heavy atom. The molecule has 0 atom stereocenters. The summed E-state index contributed by atoms with van der Waals surface area (Å²) in [4.78, 5) is 21.1. The normalized spacial score (nSPS) is 10.5. The summed E-state index contributed by atoms with van der Waals surface area (Å²) < 4.78 is 31.1. The lowest BCUT2D eigenvalue weighted by molar-refractivity contribution is -0.107. The molecule has 90 valence electrons. The van der Waals surface area contributed by atoms with E-state index in [4.69, 9.17) is 0 Å². The van der Waals surface area contributed by atoms with Gasteiger partial charge in [0.2, 0.25) is 0 Å². The number of esters is 1. The van der Waals surface area contributed by atoms with Crippen LogP contribution in [0.1, 0.15) is 22.3 Å². The molecule has 0 spiro atoms. The van der Waals surface area contributed by atoms with E-state index in [1.165, 1.54) is 12.2 Å². The average molecular weight is 240 g/mol. The van der Waals surface area contributed by atoms with Gasteiger partial charge in [0.1, 0.15) is 23.5 Å². The summed E-state index contributed by atoms with van der Waals surface area (Å²) >= 11 is 0. The largest absolute Gasteiger partial charge is 0.465 e. The predicted molar refractivity (Wildman–Crippen MR) is 57.4 cm³/mol. The first-order valence-corrected chi connectivity index (χ1v) is 4.77. The summed E-state index contributed by atoms with van der Waals surface area (Å²) in [7, 11) is 1.04. The Bertz CT molecular complexity index is 444. The lowest BCUT2D eigenvalue weighted by atomic mass is 10.1. The highest BCUT2D eigenvalue weighted by molar-refractivity contribution is 5.90. The van der Waals surface area contributed by atoms with Crippen molar-refractivity contribution in [2.24, 2.45) is 0 Å². The lowest BCUT2D eigenvalue weighted by Crippen LogP contribution is -2.08. The molecule has 0 unspecified atom stereocenters. The fraction of sp³-hybridized carbons (Fsp3) is 0.167. The predicted octanol–water partition coefficient (Wildman–Crippen LogP) is 2.35. The van der Waals surface area contributed by atoms with E-state index in [2.05, 4.69) is 4.74 Å². The van der Waals surface area contributed by atoms with Gasteiger partial charge in [0, 0.05) is 6.42 Å². The molecular formula is C12H10F2O3. The third-order valence-corrected chi connectivity index (χ3v) is 2.00. The Hall–Kier alpha value is -2.04. The summed E-state index contributed by atoms with van der Waals surface area (Å²) in [6, 6.07) is 1.99. The summed E-state index contributed by atoms with van der Waals surface area (Å²) in [5.41, 5.74) is -0.491. The van der Waals surface area contributed by atoms with Crippen molar-refractivity contribution in [3.63, 3.8) is 0 Å². The van der Waals surface area contributed by atoms with Crippen LogP contribution < -0.4 is 0 Å². The van der Waals surface area contributed by atoms with Crippen LogP contribution in [0.5, 0.6) is 0 Å². The standard InChI is InChI=1S/C12H10F2O3/c1-17-12(16)11-9(13)6-8(7-10(11)14)4-2-3-5-15/h2,4-7H,3H2,1H3. The van der Waals surface area contributed by atoms with Crippen LogP contribution in [0.2, 0.25) is 0 Å². The molecule has 0 fully saturated rings. The molecule has 0 radical (unpaired) electrons. The molecule has 0 heterocycles. The highest BCUT2D eigenvalue weighted by Crippen LogP contribution is 2.17. The minimum atomic E-state index is -1.07. The molecule has 3 nitrogen and oxygen atoms in total. The molecule has 0 N–H and O–H groups in total. The zero-order chi connectivity index (χ0) is 12.8. The molecule has 0 aliphatic rings. The van der Waals surface area contributed by atoms with Crippen molar-refractivity contribution >= 4 is 18.3 Å². The highest BCUT2D eigenvalue weighted by atomic mass is 19.1. The van der Waals surface area contributed by atoms with Crippen LogP contribution in [0, 0.1) is 11.6 Å². The van der Waals surface area contributed by atoms with E-state index in [0.717, 1.165) is 19.2 Å². The molecule has 0 saturated heterocycles. The molecule has 1 rings (SSSR count). The number of halogens is 2. The molecular weight excluding hydrogens is 230 g/mol. The third-order valence-electron chi connectivity index (χ3n) is 2.00. The van der Waals surface area contributed by atoms with Gasteiger partial charge in [-0.3, -0.25) is 0 Å². The fourth-order valence-electron chi connectivity index (χ4n) is 1.25. The highest BCUT2D eigenvalue weighted by Gasteiger charge is 2.18. The number of rotatable bonds is 4. The van der Waals surface area contributed by atoms with Gasteiger partial charge < -0.3 is 9.53 Å². The van der Waals surface area contributed by atoms with Crippen molar-refractivity contribution in [3.8, 4) is 0 Å². The molecule has 1 aromatic rings. The van der Waals surface area contributed by atoms with Crippen molar-refractivity contribution in [3.05, 3.63) is 41.0 Å². The lowest BCUT2D eigenvalue weighted by Gasteiger charge is -2.04. The van der Waals surface area contributed by atoms with Crippen LogP contribution in [-0.2, 0) is 9.53 Å². The number of allylic oxidation sites excluding steroid dienone is 1. The smallest absolute Gasteiger partial charge is 0.343 e. The maximum absolute atomic E-state index is 13.4. The van der Waals surface area contributed by atoms with Gasteiger partial charge in [0.15, 0.2) is 0 Å². The number of carbonyl (C=O) groups is 2.